The fraction of sp³-hybridized carbons (Fsp3) is 0.269. The van der Waals surface area contributed by atoms with Crippen LogP contribution in [0.5, 0.6) is 0 Å². The highest BCUT2D eigenvalue weighted by Gasteiger charge is 2.27. The van der Waals surface area contributed by atoms with Gasteiger partial charge in [-0.15, -0.1) is 0 Å². The lowest BCUT2D eigenvalue weighted by Gasteiger charge is -2.13. The van der Waals surface area contributed by atoms with Crippen molar-refractivity contribution in [1.82, 2.24) is 15.3 Å². The van der Waals surface area contributed by atoms with Crippen LogP contribution >= 0.6 is 0 Å². The number of carbonyl (C=O) groups excluding carboxylic acids is 1. The molecule has 1 aliphatic rings. The predicted octanol–water partition coefficient (Wildman–Crippen LogP) is 6.24. The molecular formula is C26H28N4O. The number of carbonyl (C=O) groups is 1. The summed E-state index contributed by atoms with van der Waals surface area (Å²) in [5.74, 6) is 1.000. The number of fused-ring (bicyclic) bond motifs is 1. The first-order valence-corrected chi connectivity index (χ1v) is 10.7. The fourth-order valence-electron chi connectivity index (χ4n) is 3.61. The van der Waals surface area contributed by atoms with Crippen LogP contribution < -0.4 is 10.6 Å². The number of benzene rings is 2. The standard InChI is InChI=1S/C26H28N4O/c1-5-17(4)23(16(2)3)29-25(31)19-12-14-20(15-13-19)27-26-28-22-9-7-6-8-21(22)24(30-26)18-10-11-18/h5-9,12-15,18H,10-11H2,1-4H3,(H,29,31)(H,27,28,30)/b17-5-. The molecule has 1 aromatic heterocycles. The van der Waals surface area contributed by atoms with Crippen LogP contribution in [0.4, 0.5) is 11.6 Å². The highest BCUT2D eigenvalue weighted by atomic mass is 16.1. The van der Waals surface area contributed by atoms with E-state index in [0.29, 0.717) is 17.4 Å². The van der Waals surface area contributed by atoms with E-state index in [1.807, 2.05) is 76.2 Å². The van der Waals surface area contributed by atoms with Crippen LogP contribution in [0.3, 0.4) is 0 Å². The first-order chi connectivity index (χ1) is 15.0. The van der Waals surface area contributed by atoms with Crippen LogP contribution in [-0.4, -0.2) is 15.9 Å². The topological polar surface area (TPSA) is 66.9 Å². The Labute approximate surface area is 183 Å². The van der Waals surface area contributed by atoms with Crippen molar-refractivity contribution in [3.63, 3.8) is 0 Å². The summed E-state index contributed by atoms with van der Waals surface area (Å²) in [6.45, 7) is 7.95. The van der Waals surface area contributed by atoms with E-state index in [2.05, 4.69) is 21.7 Å². The molecule has 0 unspecified atom stereocenters. The zero-order chi connectivity index (χ0) is 22.0. The summed E-state index contributed by atoms with van der Waals surface area (Å²) < 4.78 is 0. The number of anilines is 2. The number of nitrogens with zero attached hydrogens (tertiary/aromatic N) is 2. The molecule has 2 N–H and O–H groups in total. The average molecular weight is 413 g/mol. The minimum atomic E-state index is -0.123. The largest absolute Gasteiger partial charge is 0.324 e. The number of hydrogen-bond donors (Lipinski definition) is 2. The molecule has 1 amide bonds. The second-order valence-electron chi connectivity index (χ2n) is 8.23. The van der Waals surface area contributed by atoms with Crippen LogP contribution in [0, 0.1) is 0 Å². The molecule has 3 aromatic rings. The van der Waals surface area contributed by atoms with E-state index >= 15 is 0 Å². The summed E-state index contributed by atoms with van der Waals surface area (Å²) in [6, 6.07) is 15.5. The number of amides is 1. The molecule has 0 bridgehead atoms. The molecular weight excluding hydrogens is 384 g/mol. The molecule has 5 heteroatoms. The lowest BCUT2D eigenvalue weighted by molar-refractivity contribution is 0.0966. The molecule has 2 aromatic carbocycles. The number of hydrogen-bond acceptors (Lipinski definition) is 4. The maximum Gasteiger partial charge on any atom is 0.255 e. The van der Waals surface area contributed by atoms with Gasteiger partial charge in [-0.25, -0.2) is 9.97 Å². The van der Waals surface area contributed by atoms with Gasteiger partial charge in [-0.05, 0) is 76.4 Å². The lowest BCUT2D eigenvalue weighted by Crippen LogP contribution is -2.24. The highest BCUT2D eigenvalue weighted by Crippen LogP contribution is 2.42. The van der Waals surface area contributed by atoms with Crippen molar-refractivity contribution in [1.29, 1.82) is 0 Å². The van der Waals surface area contributed by atoms with E-state index in [1.54, 1.807) is 0 Å². The third kappa shape index (κ3) is 4.66. The summed E-state index contributed by atoms with van der Waals surface area (Å²) in [6.07, 6.45) is 4.37. The monoisotopic (exact) mass is 412 g/mol. The van der Waals surface area contributed by atoms with Gasteiger partial charge in [0.2, 0.25) is 5.95 Å². The maximum atomic E-state index is 12.7. The fourth-order valence-corrected chi connectivity index (χ4v) is 3.61. The first-order valence-electron chi connectivity index (χ1n) is 10.7. The van der Waals surface area contributed by atoms with Gasteiger partial charge in [0.05, 0.1) is 11.2 Å². The number of nitrogens with one attached hydrogen (secondary N) is 2. The molecule has 1 saturated carbocycles. The summed E-state index contributed by atoms with van der Waals surface area (Å²) in [7, 11) is 0. The summed E-state index contributed by atoms with van der Waals surface area (Å²) in [4.78, 5) is 22.2. The molecule has 0 aliphatic heterocycles. The van der Waals surface area contributed by atoms with Gasteiger partial charge in [0.15, 0.2) is 0 Å². The Morgan fingerprint density at radius 2 is 1.71 bits per heavy atom. The summed E-state index contributed by atoms with van der Waals surface area (Å²) >= 11 is 0. The molecule has 5 nitrogen and oxygen atoms in total. The Hall–Kier alpha value is -3.47. The van der Waals surface area contributed by atoms with Gasteiger partial charge in [-0.3, -0.25) is 4.79 Å². The van der Waals surface area contributed by atoms with Crippen molar-refractivity contribution in [2.75, 3.05) is 5.32 Å². The maximum absolute atomic E-state index is 12.7. The van der Waals surface area contributed by atoms with Crippen LogP contribution in [0.15, 0.2) is 71.5 Å². The quantitative estimate of drug-likeness (QED) is 0.470. The van der Waals surface area contributed by atoms with Gasteiger partial charge in [0, 0.05) is 28.3 Å². The number of aromatic nitrogens is 2. The Bertz CT molecular complexity index is 1180. The van der Waals surface area contributed by atoms with E-state index in [4.69, 9.17) is 4.98 Å². The van der Waals surface area contributed by atoms with Gasteiger partial charge in [0.25, 0.3) is 5.91 Å². The van der Waals surface area contributed by atoms with E-state index < -0.39 is 0 Å². The minimum Gasteiger partial charge on any atom is -0.324 e. The van der Waals surface area contributed by atoms with E-state index in [9.17, 15) is 4.79 Å². The van der Waals surface area contributed by atoms with Gasteiger partial charge in [0.1, 0.15) is 0 Å². The van der Waals surface area contributed by atoms with Crippen molar-refractivity contribution in [3.8, 4) is 0 Å². The van der Waals surface area contributed by atoms with Gasteiger partial charge in [-0.1, -0.05) is 29.8 Å². The van der Waals surface area contributed by atoms with E-state index in [1.165, 1.54) is 12.8 Å². The number of rotatable bonds is 6. The average Bonchev–Trinajstić information content (AvgIpc) is 3.62. The molecule has 1 fully saturated rings. The molecule has 4 rings (SSSR count). The highest BCUT2D eigenvalue weighted by molar-refractivity contribution is 5.96. The lowest BCUT2D eigenvalue weighted by atomic mass is 10.1. The zero-order valence-corrected chi connectivity index (χ0v) is 18.5. The molecule has 158 valence electrons. The van der Waals surface area contributed by atoms with Crippen LogP contribution in [0.1, 0.15) is 62.5 Å². The van der Waals surface area contributed by atoms with Crippen molar-refractivity contribution in [2.24, 2.45) is 0 Å². The Morgan fingerprint density at radius 3 is 2.35 bits per heavy atom. The molecule has 0 atom stereocenters. The SMILES string of the molecule is C/C=C(/C)C(NC(=O)c1ccc(Nc2nc(C3CC3)c3ccccc3n2)cc1)=C(C)C. The normalized spacial score (nSPS) is 13.7. The zero-order valence-electron chi connectivity index (χ0n) is 18.5. The first kappa shape index (κ1) is 20.8. The molecule has 1 heterocycles. The third-order valence-corrected chi connectivity index (χ3v) is 5.57. The second kappa shape index (κ2) is 8.72. The minimum absolute atomic E-state index is 0.123. The van der Waals surface area contributed by atoms with E-state index in [-0.39, 0.29) is 5.91 Å². The smallest absolute Gasteiger partial charge is 0.255 e. The van der Waals surface area contributed by atoms with Crippen LogP contribution in [0.2, 0.25) is 0 Å². The van der Waals surface area contributed by atoms with Crippen LogP contribution in [-0.2, 0) is 0 Å². The van der Waals surface area contributed by atoms with Gasteiger partial charge >= 0.3 is 0 Å². The molecule has 0 radical (unpaired) electrons. The number of para-hydroxylation sites is 1. The Balaban J connectivity index is 1.53. The van der Waals surface area contributed by atoms with Gasteiger partial charge < -0.3 is 10.6 Å². The molecule has 1 aliphatic carbocycles. The van der Waals surface area contributed by atoms with Crippen molar-refractivity contribution < 1.29 is 4.79 Å². The summed E-state index contributed by atoms with van der Waals surface area (Å²) in [5.41, 5.74) is 6.51. The van der Waals surface area contributed by atoms with Gasteiger partial charge in [-0.2, -0.15) is 0 Å². The van der Waals surface area contributed by atoms with Crippen molar-refractivity contribution in [3.05, 3.63) is 82.7 Å². The predicted molar refractivity (Wildman–Crippen MR) is 127 cm³/mol. The Morgan fingerprint density at radius 1 is 1.00 bits per heavy atom. The van der Waals surface area contributed by atoms with Crippen LogP contribution in [0.25, 0.3) is 10.9 Å². The molecule has 0 saturated heterocycles. The van der Waals surface area contributed by atoms with Crippen molar-refractivity contribution in [2.45, 2.75) is 46.5 Å². The number of allylic oxidation sites excluding steroid dienone is 3. The Kier molecular flexibility index (Phi) is 5.85. The molecule has 31 heavy (non-hydrogen) atoms. The third-order valence-electron chi connectivity index (χ3n) is 5.57. The molecule has 0 spiro atoms. The second-order valence-corrected chi connectivity index (χ2v) is 8.23. The van der Waals surface area contributed by atoms with E-state index in [0.717, 1.165) is 39.1 Å². The van der Waals surface area contributed by atoms with Crippen molar-refractivity contribution >= 4 is 28.4 Å². The summed E-state index contributed by atoms with van der Waals surface area (Å²) in [5, 5.41) is 7.46.